The van der Waals surface area contributed by atoms with Crippen LogP contribution in [0.15, 0.2) is 55.4 Å². The number of rotatable bonds is 3. The van der Waals surface area contributed by atoms with Crippen molar-refractivity contribution in [3.63, 3.8) is 0 Å². The highest BCUT2D eigenvalue weighted by Gasteiger charge is 2.05. The van der Waals surface area contributed by atoms with Crippen molar-refractivity contribution in [2.24, 2.45) is 0 Å². The first-order chi connectivity index (χ1) is 11.1. The first-order valence-electron chi connectivity index (χ1n) is 7.71. The van der Waals surface area contributed by atoms with Crippen LogP contribution in [-0.2, 0) is 0 Å². The number of aryl methyl sites for hydroxylation is 2. The molecule has 2 heteroatoms. The van der Waals surface area contributed by atoms with E-state index in [1.807, 2.05) is 0 Å². The Labute approximate surface area is 137 Å². The van der Waals surface area contributed by atoms with Gasteiger partial charge in [0, 0.05) is 23.5 Å². The Morgan fingerprint density at radius 3 is 1.83 bits per heavy atom. The van der Waals surface area contributed by atoms with Gasteiger partial charge in [0.15, 0.2) is 5.82 Å². The second-order valence-electron chi connectivity index (χ2n) is 5.86. The lowest BCUT2D eigenvalue weighted by Crippen LogP contribution is -1.90. The molecular weight excluding hydrogens is 280 g/mol. The van der Waals surface area contributed by atoms with Gasteiger partial charge in [0.25, 0.3) is 0 Å². The lowest BCUT2D eigenvalue weighted by atomic mass is 9.96. The maximum atomic E-state index is 4.38. The van der Waals surface area contributed by atoms with Gasteiger partial charge in [0.1, 0.15) is 0 Å². The van der Waals surface area contributed by atoms with E-state index in [9.17, 15) is 0 Å². The highest BCUT2D eigenvalue weighted by molar-refractivity contribution is 5.69. The van der Waals surface area contributed by atoms with E-state index < -0.39 is 0 Å². The van der Waals surface area contributed by atoms with Gasteiger partial charge in [0.2, 0.25) is 0 Å². The molecule has 0 spiro atoms. The predicted octanol–water partition coefficient (Wildman–Crippen LogP) is 5.38. The zero-order chi connectivity index (χ0) is 16.4. The van der Waals surface area contributed by atoms with Crippen molar-refractivity contribution >= 4 is 6.08 Å². The normalized spacial score (nSPS) is 10.6. The molecule has 3 rings (SSSR count). The van der Waals surface area contributed by atoms with Gasteiger partial charge in [-0.2, -0.15) is 0 Å². The van der Waals surface area contributed by atoms with E-state index >= 15 is 0 Å². The SMILES string of the molecule is C=Cc1cnc(-c2ccc(-c3cc(C)c(C)c(C)c3)cc2)nc1. The fourth-order valence-electron chi connectivity index (χ4n) is 2.61. The van der Waals surface area contributed by atoms with E-state index in [-0.39, 0.29) is 0 Å². The van der Waals surface area contributed by atoms with E-state index in [1.54, 1.807) is 18.5 Å². The van der Waals surface area contributed by atoms with Crippen LogP contribution >= 0.6 is 0 Å². The molecule has 0 aliphatic carbocycles. The topological polar surface area (TPSA) is 25.8 Å². The van der Waals surface area contributed by atoms with Gasteiger partial charge in [0.05, 0.1) is 0 Å². The Balaban J connectivity index is 1.94. The largest absolute Gasteiger partial charge is 0.236 e. The zero-order valence-corrected chi connectivity index (χ0v) is 13.8. The van der Waals surface area contributed by atoms with Gasteiger partial charge in [-0.3, -0.25) is 0 Å². The third kappa shape index (κ3) is 3.07. The average Bonchev–Trinajstić information content (AvgIpc) is 2.59. The third-order valence-electron chi connectivity index (χ3n) is 4.31. The first-order valence-corrected chi connectivity index (χ1v) is 7.71. The van der Waals surface area contributed by atoms with Crippen molar-refractivity contribution in [1.29, 1.82) is 0 Å². The van der Waals surface area contributed by atoms with Crippen molar-refractivity contribution in [1.82, 2.24) is 9.97 Å². The zero-order valence-electron chi connectivity index (χ0n) is 13.8. The van der Waals surface area contributed by atoms with Crippen LogP contribution in [0.5, 0.6) is 0 Å². The van der Waals surface area contributed by atoms with Crippen LogP contribution in [0.4, 0.5) is 0 Å². The monoisotopic (exact) mass is 300 g/mol. The van der Waals surface area contributed by atoms with E-state index in [0.29, 0.717) is 0 Å². The van der Waals surface area contributed by atoms with Crippen molar-refractivity contribution in [2.45, 2.75) is 20.8 Å². The number of aromatic nitrogens is 2. The summed E-state index contributed by atoms with van der Waals surface area (Å²) in [6.45, 7) is 10.2. The predicted molar refractivity (Wildman–Crippen MR) is 97.2 cm³/mol. The maximum absolute atomic E-state index is 4.38. The molecule has 0 fully saturated rings. The fourth-order valence-corrected chi connectivity index (χ4v) is 2.61. The van der Waals surface area contributed by atoms with Crippen molar-refractivity contribution in [3.05, 3.63) is 77.6 Å². The van der Waals surface area contributed by atoms with E-state index in [1.165, 1.54) is 27.8 Å². The molecule has 0 saturated carbocycles. The summed E-state index contributed by atoms with van der Waals surface area (Å²) in [5, 5.41) is 0. The van der Waals surface area contributed by atoms with Gasteiger partial charge in [-0.1, -0.05) is 49.1 Å². The van der Waals surface area contributed by atoms with Crippen LogP contribution in [0.3, 0.4) is 0 Å². The minimum atomic E-state index is 0.735. The van der Waals surface area contributed by atoms with E-state index in [4.69, 9.17) is 0 Å². The summed E-state index contributed by atoms with van der Waals surface area (Å²) in [6.07, 6.45) is 5.32. The van der Waals surface area contributed by atoms with Crippen LogP contribution in [0, 0.1) is 20.8 Å². The molecule has 0 saturated heterocycles. The molecule has 1 heterocycles. The highest BCUT2D eigenvalue weighted by atomic mass is 14.9. The summed E-state index contributed by atoms with van der Waals surface area (Å²) in [7, 11) is 0. The maximum Gasteiger partial charge on any atom is 0.159 e. The molecule has 0 amide bonds. The molecule has 0 bridgehead atoms. The van der Waals surface area contributed by atoms with Crippen molar-refractivity contribution in [2.75, 3.05) is 0 Å². The minimum absolute atomic E-state index is 0.735. The second-order valence-corrected chi connectivity index (χ2v) is 5.86. The first kappa shape index (κ1) is 15.2. The molecule has 0 atom stereocenters. The van der Waals surface area contributed by atoms with E-state index in [2.05, 4.69) is 73.7 Å². The molecule has 2 nitrogen and oxygen atoms in total. The van der Waals surface area contributed by atoms with Crippen LogP contribution < -0.4 is 0 Å². The van der Waals surface area contributed by atoms with Crippen LogP contribution in [0.25, 0.3) is 28.6 Å². The Bertz CT molecular complexity index is 821. The van der Waals surface area contributed by atoms with Gasteiger partial charge in [-0.25, -0.2) is 9.97 Å². The molecule has 0 aliphatic heterocycles. The lowest BCUT2D eigenvalue weighted by Gasteiger charge is -2.10. The van der Waals surface area contributed by atoms with Gasteiger partial charge in [-0.15, -0.1) is 0 Å². The molecule has 114 valence electrons. The summed E-state index contributed by atoms with van der Waals surface area (Å²) in [4.78, 5) is 8.76. The summed E-state index contributed by atoms with van der Waals surface area (Å²) in [5.41, 5.74) is 8.42. The fraction of sp³-hybridized carbons (Fsp3) is 0.143. The molecule has 0 radical (unpaired) electrons. The Kier molecular flexibility index (Phi) is 4.07. The summed E-state index contributed by atoms with van der Waals surface area (Å²) >= 11 is 0. The number of benzene rings is 2. The molecule has 2 aromatic carbocycles. The quantitative estimate of drug-likeness (QED) is 0.649. The van der Waals surface area contributed by atoms with Crippen molar-refractivity contribution < 1.29 is 0 Å². The van der Waals surface area contributed by atoms with Gasteiger partial charge < -0.3 is 0 Å². The Morgan fingerprint density at radius 1 is 0.783 bits per heavy atom. The Hall–Kier alpha value is -2.74. The smallest absolute Gasteiger partial charge is 0.159 e. The number of hydrogen-bond donors (Lipinski definition) is 0. The lowest BCUT2D eigenvalue weighted by molar-refractivity contribution is 1.17. The summed E-state index contributed by atoms with van der Waals surface area (Å²) < 4.78 is 0. The third-order valence-corrected chi connectivity index (χ3v) is 4.31. The molecule has 23 heavy (non-hydrogen) atoms. The average molecular weight is 300 g/mol. The summed E-state index contributed by atoms with van der Waals surface area (Å²) in [5.74, 6) is 0.735. The number of hydrogen-bond acceptors (Lipinski definition) is 2. The molecule has 0 unspecified atom stereocenters. The number of nitrogens with zero attached hydrogens (tertiary/aromatic N) is 2. The van der Waals surface area contributed by atoms with Crippen LogP contribution in [-0.4, -0.2) is 9.97 Å². The van der Waals surface area contributed by atoms with E-state index in [0.717, 1.165) is 17.0 Å². The summed E-state index contributed by atoms with van der Waals surface area (Å²) in [6, 6.07) is 12.9. The molecular formula is C21H20N2. The van der Waals surface area contributed by atoms with Crippen molar-refractivity contribution in [3.8, 4) is 22.5 Å². The highest BCUT2D eigenvalue weighted by Crippen LogP contribution is 2.26. The van der Waals surface area contributed by atoms with Gasteiger partial charge >= 0.3 is 0 Å². The second kappa shape index (κ2) is 6.17. The van der Waals surface area contributed by atoms with Crippen LogP contribution in [0.1, 0.15) is 22.3 Å². The van der Waals surface area contributed by atoms with Gasteiger partial charge in [-0.05, 0) is 48.6 Å². The molecule has 0 aliphatic rings. The standard InChI is InChI=1S/C21H20N2/c1-5-17-12-22-21(23-13-17)19-8-6-18(7-9-19)20-10-14(2)16(4)15(3)11-20/h5-13H,1H2,2-4H3. The Morgan fingerprint density at radius 2 is 1.30 bits per heavy atom. The van der Waals surface area contributed by atoms with Crippen LogP contribution in [0.2, 0.25) is 0 Å². The molecule has 3 aromatic rings. The minimum Gasteiger partial charge on any atom is -0.236 e. The molecule has 0 N–H and O–H groups in total. The molecule has 1 aromatic heterocycles.